The van der Waals surface area contributed by atoms with Crippen molar-refractivity contribution in [3.63, 3.8) is 0 Å². The molecule has 1 aromatic rings. The molecule has 2 aliphatic carbocycles. The third kappa shape index (κ3) is 1.86. The van der Waals surface area contributed by atoms with Crippen LogP contribution in [0, 0.1) is 11.3 Å². The van der Waals surface area contributed by atoms with Crippen LogP contribution in [0.5, 0.6) is 0 Å². The van der Waals surface area contributed by atoms with Gasteiger partial charge in [-0.15, -0.1) is 0 Å². The summed E-state index contributed by atoms with van der Waals surface area (Å²) in [6.45, 7) is 1.07. The molecule has 0 radical (unpaired) electrons. The van der Waals surface area contributed by atoms with Gasteiger partial charge in [0.2, 0.25) is 0 Å². The molecule has 86 valence electrons. The summed E-state index contributed by atoms with van der Waals surface area (Å²) in [5.41, 5.74) is 8.29. The summed E-state index contributed by atoms with van der Waals surface area (Å²) in [7, 11) is 0. The van der Waals surface area contributed by atoms with Crippen molar-refractivity contribution < 1.29 is 0 Å². The average molecular weight is 237 g/mol. The Morgan fingerprint density at radius 1 is 1.38 bits per heavy atom. The standard InChI is InChI=1S/C13H17ClN2/c14-10-3-4-12(11(15)7-10)16-8-13(5-6-13)9-1-2-9/h3-4,7,9,16H,1-2,5-6,8,15H2. The first-order valence-corrected chi connectivity index (χ1v) is 6.36. The molecule has 3 heteroatoms. The normalized spacial score (nSPS) is 21.8. The Balaban J connectivity index is 1.66. The number of hydrogen-bond donors (Lipinski definition) is 2. The zero-order valence-electron chi connectivity index (χ0n) is 9.30. The van der Waals surface area contributed by atoms with Crippen molar-refractivity contribution in [2.45, 2.75) is 25.7 Å². The summed E-state index contributed by atoms with van der Waals surface area (Å²) < 4.78 is 0. The molecule has 0 atom stereocenters. The Morgan fingerprint density at radius 2 is 2.12 bits per heavy atom. The lowest BCUT2D eigenvalue weighted by Gasteiger charge is -2.17. The van der Waals surface area contributed by atoms with Gasteiger partial charge in [-0.2, -0.15) is 0 Å². The van der Waals surface area contributed by atoms with Crippen LogP contribution in [0.4, 0.5) is 11.4 Å². The van der Waals surface area contributed by atoms with Gasteiger partial charge < -0.3 is 11.1 Å². The molecular formula is C13H17ClN2. The predicted molar refractivity (Wildman–Crippen MR) is 68.7 cm³/mol. The number of nitrogens with two attached hydrogens (primary N) is 1. The Kier molecular flexibility index (Phi) is 2.28. The maximum Gasteiger partial charge on any atom is 0.0575 e. The molecule has 2 saturated carbocycles. The van der Waals surface area contributed by atoms with E-state index in [1.807, 2.05) is 12.1 Å². The first-order chi connectivity index (χ1) is 7.70. The van der Waals surface area contributed by atoms with Gasteiger partial charge >= 0.3 is 0 Å². The van der Waals surface area contributed by atoms with Gasteiger partial charge in [0.1, 0.15) is 0 Å². The maximum atomic E-state index is 5.92. The molecule has 3 N–H and O–H groups in total. The minimum Gasteiger partial charge on any atom is -0.397 e. The molecule has 1 aromatic carbocycles. The summed E-state index contributed by atoms with van der Waals surface area (Å²) in [5, 5.41) is 4.18. The molecule has 0 bridgehead atoms. The maximum absolute atomic E-state index is 5.92. The van der Waals surface area contributed by atoms with E-state index in [4.69, 9.17) is 17.3 Å². The van der Waals surface area contributed by atoms with E-state index in [9.17, 15) is 0 Å². The van der Waals surface area contributed by atoms with Gasteiger partial charge in [0.05, 0.1) is 11.4 Å². The van der Waals surface area contributed by atoms with Crippen LogP contribution >= 0.6 is 11.6 Å². The third-order valence-electron chi connectivity index (χ3n) is 3.98. The van der Waals surface area contributed by atoms with Crippen LogP contribution in [0.25, 0.3) is 0 Å². The summed E-state index contributed by atoms with van der Waals surface area (Å²) in [5.74, 6) is 0.980. The number of anilines is 2. The van der Waals surface area contributed by atoms with E-state index in [1.165, 1.54) is 25.7 Å². The van der Waals surface area contributed by atoms with E-state index < -0.39 is 0 Å². The highest BCUT2D eigenvalue weighted by Gasteiger charge is 2.53. The zero-order valence-corrected chi connectivity index (χ0v) is 10.1. The van der Waals surface area contributed by atoms with Crippen molar-refractivity contribution >= 4 is 23.0 Å². The van der Waals surface area contributed by atoms with Crippen LogP contribution in [-0.2, 0) is 0 Å². The Morgan fingerprint density at radius 3 is 2.69 bits per heavy atom. The van der Waals surface area contributed by atoms with E-state index >= 15 is 0 Å². The lowest BCUT2D eigenvalue weighted by Crippen LogP contribution is -2.17. The highest BCUT2D eigenvalue weighted by atomic mass is 35.5. The van der Waals surface area contributed by atoms with Crippen LogP contribution in [-0.4, -0.2) is 6.54 Å². The van der Waals surface area contributed by atoms with Crippen molar-refractivity contribution in [3.8, 4) is 0 Å². The van der Waals surface area contributed by atoms with E-state index in [0.717, 1.165) is 23.8 Å². The monoisotopic (exact) mass is 236 g/mol. The first-order valence-electron chi connectivity index (χ1n) is 5.99. The van der Waals surface area contributed by atoms with Gasteiger partial charge in [-0.1, -0.05) is 11.6 Å². The molecular weight excluding hydrogens is 220 g/mol. The minimum atomic E-state index is 0.603. The van der Waals surface area contributed by atoms with Crippen molar-refractivity contribution in [1.29, 1.82) is 0 Å². The number of rotatable bonds is 4. The fourth-order valence-corrected chi connectivity index (χ4v) is 2.73. The lowest BCUT2D eigenvalue weighted by molar-refractivity contribution is 0.467. The number of hydrogen-bond acceptors (Lipinski definition) is 2. The van der Waals surface area contributed by atoms with Crippen molar-refractivity contribution in [3.05, 3.63) is 23.2 Å². The van der Waals surface area contributed by atoms with Crippen LogP contribution in [0.2, 0.25) is 5.02 Å². The van der Waals surface area contributed by atoms with Gasteiger partial charge in [0.15, 0.2) is 0 Å². The van der Waals surface area contributed by atoms with E-state index in [-0.39, 0.29) is 0 Å². The van der Waals surface area contributed by atoms with Crippen molar-refractivity contribution in [2.24, 2.45) is 11.3 Å². The molecule has 2 fully saturated rings. The SMILES string of the molecule is Nc1cc(Cl)ccc1NCC1(C2CC2)CC1. The summed E-state index contributed by atoms with van der Waals surface area (Å²) in [6, 6.07) is 5.66. The van der Waals surface area contributed by atoms with E-state index in [0.29, 0.717) is 10.4 Å². The Bertz CT molecular complexity index is 408. The molecule has 3 rings (SSSR count). The predicted octanol–water partition coefficient (Wildman–Crippen LogP) is 3.52. The van der Waals surface area contributed by atoms with Crippen LogP contribution < -0.4 is 11.1 Å². The highest BCUT2D eigenvalue weighted by molar-refractivity contribution is 6.31. The first kappa shape index (κ1) is 10.3. The second kappa shape index (κ2) is 3.56. The number of nitrogens with one attached hydrogen (secondary N) is 1. The zero-order chi connectivity index (χ0) is 11.2. The highest BCUT2D eigenvalue weighted by Crippen LogP contribution is 2.61. The largest absolute Gasteiger partial charge is 0.397 e. The lowest BCUT2D eigenvalue weighted by atomic mass is 10.0. The number of benzene rings is 1. The second-order valence-electron chi connectivity index (χ2n) is 5.22. The topological polar surface area (TPSA) is 38.0 Å². The molecule has 0 amide bonds. The van der Waals surface area contributed by atoms with Gasteiger partial charge in [-0.3, -0.25) is 0 Å². The third-order valence-corrected chi connectivity index (χ3v) is 4.22. The Hall–Kier alpha value is -0.890. The molecule has 16 heavy (non-hydrogen) atoms. The molecule has 2 nitrogen and oxygen atoms in total. The van der Waals surface area contributed by atoms with Crippen LogP contribution in [0.15, 0.2) is 18.2 Å². The fourth-order valence-electron chi connectivity index (χ4n) is 2.55. The average Bonchev–Trinajstić information content (AvgIpc) is 3.11. The summed E-state index contributed by atoms with van der Waals surface area (Å²) >= 11 is 5.87. The quantitative estimate of drug-likeness (QED) is 0.785. The minimum absolute atomic E-state index is 0.603. The summed E-state index contributed by atoms with van der Waals surface area (Å²) in [4.78, 5) is 0. The summed E-state index contributed by atoms with van der Waals surface area (Å²) in [6.07, 6.45) is 5.63. The van der Waals surface area contributed by atoms with Crippen LogP contribution in [0.3, 0.4) is 0 Å². The molecule has 0 aromatic heterocycles. The number of halogens is 1. The molecule has 0 saturated heterocycles. The molecule has 0 aliphatic heterocycles. The fraction of sp³-hybridized carbons (Fsp3) is 0.538. The van der Waals surface area contributed by atoms with Crippen LogP contribution in [0.1, 0.15) is 25.7 Å². The van der Waals surface area contributed by atoms with Gasteiger partial charge in [-0.25, -0.2) is 0 Å². The second-order valence-corrected chi connectivity index (χ2v) is 5.66. The Labute approximate surface area is 101 Å². The van der Waals surface area contributed by atoms with Gasteiger partial charge in [0.25, 0.3) is 0 Å². The van der Waals surface area contributed by atoms with E-state index in [1.54, 1.807) is 6.07 Å². The van der Waals surface area contributed by atoms with Gasteiger partial charge in [-0.05, 0) is 55.2 Å². The molecule has 2 aliphatic rings. The molecule has 0 unspecified atom stereocenters. The van der Waals surface area contributed by atoms with Crippen molar-refractivity contribution in [1.82, 2.24) is 0 Å². The molecule has 0 spiro atoms. The van der Waals surface area contributed by atoms with Gasteiger partial charge in [0, 0.05) is 11.6 Å². The number of nitrogen functional groups attached to an aromatic ring is 1. The smallest absolute Gasteiger partial charge is 0.0575 e. The van der Waals surface area contributed by atoms with E-state index in [2.05, 4.69) is 5.32 Å². The molecule has 0 heterocycles. The van der Waals surface area contributed by atoms with Crippen molar-refractivity contribution in [2.75, 3.05) is 17.6 Å².